The topological polar surface area (TPSA) is 92.1 Å². The van der Waals surface area contributed by atoms with Crippen LogP contribution in [0, 0.1) is 10.1 Å². The molecule has 1 aliphatic carbocycles. The Morgan fingerprint density at radius 1 is 1.33 bits per heavy atom. The number of nitro benzene ring substituents is 1. The van der Waals surface area contributed by atoms with Gasteiger partial charge in [0.15, 0.2) is 0 Å². The number of fused-ring (bicyclic) bond motifs is 1. The van der Waals surface area contributed by atoms with E-state index < -0.39 is 0 Å². The summed E-state index contributed by atoms with van der Waals surface area (Å²) >= 11 is 0. The number of H-pyrrole nitrogens is 1. The highest BCUT2D eigenvalue weighted by Crippen LogP contribution is 2.37. The average Bonchev–Trinajstić information content (AvgIpc) is 3.39. The molecule has 0 atom stereocenters. The second-order valence-corrected chi connectivity index (χ2v) is 6.50. The lowest BCUT2D eigenvalue weighted by molar-refractivity contribution is -0.385. The molecule has 1 aromatic carbocycles. The minimum absolute atomic E-state index is 0.0211. The number of hydrogen-bond donors (Lipinski definition) is 1. The summed E-state index contributed by atoms with van der Waals surface area (Å²) in [5.41, 5.74) is 2.40. The first kappa shape index (κ1) is 15.0. The predicted octanol–water partition coefficient (Wildman–Crippen LogP) is 2.11. The van der Waals surface area contributed by atoms with Gasteiger partial charge in [-0.15, -0.1) is 0 Å². The maximum Gasteiger partial charge on any atom is 0.273 e. The molecule has 0 radical (unpaired) electrons. The molecule has 0 unspecified atom stereocenters. The van der Waals surface area contributed by atoms with Gasteiger partial charge in [-0.2, -0.15) is 0 Å². The first-order valence-electron chi connectivity index (χ1n) is 8.18. The normalized spacial score (nSPS) is 17.5. The lowest BCUT2D eigenvalue weighted by Gasteiger charge is -2.27. The van der Waals surface area contributed by atoms with Crippen molar-refractivity contribution in [2.24, 2.45) is 0 Å². The molecule has 0 spiro atoms. The zero-order valence-electron chi connectivity index (χ0n) is 13.2. The molecule has 1 aromatic heterocycles. The number of benzene rings is 1. The summed E-state index contributed by atoms with van der Waals surface area (Å²) in [7, 11) is 0. The molecule has 1 saturated carbocycles. The second kappa shape index (κ2) is 5.83. The fourth-order valence-corrected chi connectivity index (χ4v) is 3.26. The first-order valence-corrected chi connectivity index (χ1v) is 8.18. The highest BCUT2D eigenvalue weighted by Gasteiger charge is 2.29. The van der Waals surface area contributed by atoms with Crippen LogP contribution in [0.1, 0.15) is 41.4 Å². The Labute approximate surface area is 138 Å². The number of para-hydroxylation sites is 1. The summed E-state index contributed by atoms with van der Waals surface area (Å²) in [4.78, 5) is 32.7. The third-order valence-electron chi connectivity index (χ3n) is 4.72. The van der Waals surface area contributed by atoms with Crippen molar-refractivity contribution in [3.63, 3.8) is 0 Å². The van der Waals surface area contributed by atoms with Crippen LogP contribution < -0.4 is 5.56 Å². The zero-order chi connectivity index (χ0) is 16.7. The van der Waals surface area contributed by atoms with Crippen LogP contribution in [-0.4, -0.2) is 26.3 Å². The molecule has 2 aromatic rings. The van der Waals surface area contributed by atoms with Gasteiger partial charge in [-0.1, -0.05) is 18.2 Å². The van der Waals surface area contributed by atoms with Crippen LogP contribution in [0.2, 0.25) is 0 Å². The molecule has 7 heteroatoms. The maximum atomic E-state index is 12.2. The van der Waals surface area contributed by atoms with Crippen LogP contribution in [0.25, 0.3) is 0 Å². The third kappa shape index (κ3) is 2.82. The summed E-state index contributed by atoms with van der Waals surface area (Å²) in [6.07, 6.45) is 2.80. The van der Waals surface area contributed by atoms with Gasteiger partial charge >= 0.3 is 0 Å². The molecule has 0 bridgehead atoms. The van der Waals surface area contributed by atoms with Crippen LogP contribution in [0.15, 0.2) is 29.1 Å². The molecule has 0 amide bonds. The number of aromatic nitrogens is 2. The van der Waals surface area contributed by atoms with Crippen molar-refractivity contribution >= 4 is 5.69 Å². The van der Waals surface area contributed by atoms with Gasteiger partial charge in [0.2, 0.25) is 0 Å². The van der Waals surface area contributed by atoms with E-state index in [1.54, 1.807) is 12.1 Å². The minimum atomic E-state index is -0.346. The lowest BCUT2D eigenvalue weighted by atomic mass is 10.0. The molecule has 2 aliphatic rings. The van der Waals surface area contributed by atoms with E-state index in [-0.39, 0.29) is 16.2 Å². The quantitative estimate of drug-likeness (QED) is 0.686. The molecule has 7 nitrogen and oxygen atoms in total. The van der Waals surface area contributed by atoms with Gasteiger partial charge in [0, 0.05) is 42.7 Å². The molecule has 1 fully saturated rings. The number of nitrogens with one attached hydrogen (secondary N) is 1. The summed E-state index contributed by atoms with van der Waals surface area (Å²) in [6.45, 7) is 1.75. The number of rotatable bonds is 4. The van der Waals surface area contributed by atoms with Crippen molar-refractivity contribution in [1.82, 2.24) is 14.9 Å². The summed E-state index contributed by atoms with van der Waals surface area (Å²) < 4.78 is 0. The highest BCUT2D eigenvalue weighted by molar-refractivity contribution is 5.39. The van der Waals surface area contributed by atoms with Gasteiger partial charge in [-0.05, 0) is 19.3 Å². The Hall–Kier alpha value is -2.54. The smallest absolute Gasteiger partial charge is 0.273 e. The molecule has 24 heavy (non-hydrogen) atoms. The van der Waals surface area contributed by atoms with Gasteiger partial charge in [0.1, 0.15) is 5.82 Å². The molecular weight excluding hydrogens is 308 g/mol. The van der Waals surface area contributed by atoms with E-state index in [0.29, 0.717) is 37.5 Å². The SMILES string of the molecule is O=c1[nH]c(C2CC2)nc2c1CCN(Cc1ccccc1[N+](=O)[O-])C2. The molecule has 4 rings (SSSR count). The summed E-state index contributed by atoms with van der Waals surface area (Å²) in [5.74, 6) is 1.19. The number of nitro groups is 1. The predicted molar refractivity (Wildman–Crippen MR) is 87.7 cm³/mol. The maximum absolute atomic E-state index is 12.2. The molecule has 124 valence electrons. The standard InChI is InChI=1S/C17H18N4O3/c22-17-13-7-8-20(9-12-3-1-2-4-15(12)21(23)24)10-14(13)18-16(19-17)11-5-6-11/h1-4,11H,5-10H2,(H,18,19,22). The minimum Gasteiger partial charge on any atom is -0.310 e. The Morgan fingerprint density at radius 3 is 2.88 bits per heavy atom. The molecule has 2 heterocycles. The van der Waals surface area contributed by atoms with E-state index in [1.807, 2.05) is 6.07 Å². The van der Waals surface area contributed by atoms with Gasteiger partial charge in [-0.3, -0.25) is 19.8 Å². The summed E-state index contributed by atoms with van der Waals surface area (Å²) in [6, 6.07) is 6.81. The van der Waals surface area contributed by atoms with Gasteiger partial charge in [0.25, 0.3) is 11.2 Å². The molecule has 1 aliphatic heterocycles. The Morgan fingerprint density at radius 2 is 2.12 bits per heavy atom. The number of aromatic amines is 1. The first-order chi connectivity index (χ1) is 11.6. The monoisotopic (exact) mass is 326 g/mol. The van der Waals surface area contributed by atoms with E-state index in [2.05, 4.69) is 14.9 Å². The third-order valence-corrected chi connectivity index (χ3v) is 4.72. The summed E-state index contributed by atoms with van der Waals surface area (Å²) in [5, 5.41) is 11.2. The van der Waals surface area contributed by atoms with Crippen molar-refractivity contribution in [2.75, 3.05) is 6.54 Å². The van der Waals surface area contributed by atoms with E-state index in [0.717, 1.165) is 29.9 Å². The van der Waals surface area contributed by atoms with E-state index >= 15 is 0 Å². The van der Waals surface area contributed by atoms with Crippen molar-refractivity contribution in [2.45, 2.75) is 38.3 Å². The van der Waals surface area contributed by atoms with Crippen molar-refractivity contribution in [1.29, 1.82) is 0 Å². The second-order valence-electron chi connectivity index (χ2n) is 6.50. The van der Waals surface area contributed by atoms with Crippen molar-refractivity contribution < 1.29 is 4.92 Å². The fourth-order valence-electron chi connectivity index (χ4n) is 3.26. The molecule has 0 saturated heterocycles. The zero-order valence-corrected chi connectivity index (χ0v) is 13.2. The van der Waals surface area contributed by atoms with Crippen molar-refractivity contribution in [3.05, 3.63) is 67.4 Å². The van der Waals surface area contributed by atoms with Crippen LogP contribution in [-0.2, 0) is 19.5 Å². The molecular formula is C17H18N4O3. The van der Waals surface area contributed by atoms with E-state index in [9.17, 15) is 14.9 Å². The highest BCUT2D eigenvalue weighted by atomic mass is 16.6. The van der Waals surface area contributed by atoms with Crippen LogP contribution >= 0.6 is 0 Å². The Balaban J connectivity index is 1.58. The van der Waals surface area contributed by atoms with Gasteiger partial charge < -0.3 is 4.98 Å². The molecule has 1 N–H and O–H groups in total. The number of nitrogens with zero attached hydrogens (tertiary/aromatic N) is 3. The van der Waals surface area contributed by atoms with Crippen LogP contribution in [0.4, 0.5) is 5.69 Å². The Bertz CT molecular complexity index is 857. The average molecular weight is 326 g/mol. The largest absolute Gasteiger partial charge is 0.310 e. The van der Waals surface area contributed by atoms with Gasteiger partial charge in [-0.25, -0.2) is 4.98 Å². The van der Waals surface area contributed by atoms with Crippen LogP contribution in [0.5, 0.6) is 0 Å². The van der Waals surface area contributed by atoms with Crippen LogP contribution in [0.3, 0.4) is 0 Å². The van der Waals surface area contributed by atoms with E-state index in [1.165, 1.54) is 6.07 Å². The number of hydrogen-bond acceptors (Lipinski definition) is 5. The fraction of sp³-hybridized carbons (Fsp3) is 0.412. The van der Waals surface area contributed by atoms with Crippen molar-refractivity contribution in [3.8, 4) is 0 Å². The lowest BCUT2D eigenvalue weighted by Crippen LogP contribution is -2.35. The Kier molecular flexibility index (Phi) is 3.65. The van der Waals surface area contributed by atoms with Gasteiger partial charge in [0.05, 0.1) is 10.6 Å². The van der Waals surface area contributed by atoms with E-state index in [4.69, 9.17) is 0 Å².